The molecule has 1 fully saturated rings. The van der Waals surface area contributed by atoms with Gasteiger partial charge in [0.05, 0.1) is 13.1 Å². The first-order valence-corrected chi connectivity index (χ1v) is 7.31. The summed E-state index contributed by atoms with van der Waals surface area (Å²) in [5.74, 6) is -1.94. The molecule has 1 aromatic carbocycles. The van der Waals surface area contributed by atoms with Crippen molar-refractivity contribution in [3.05, 3.63) is 58.3 Å². The van der Waals surface area contributed by atoms with Gasteiger partial charge in [0.15, 0.2) is 0 Å². The lowest BCUT2D eigenvalue weighted by Gasteiger charge is -2.17. The van der Waals surface area contributed by atoms with E-state index in [0.717, 1.165) is 11.1 Å². The van der Waals surface area contributed by atoms with Crippen molar-refractivity contribution in [3.8, 4) is 0 Å². The first-order chi connectivity index (χ1) is 9.65. The fraction of sp³-hybridized carbons (Fsp3) is 0.267. The summed E-state index contributed by atoms with van der Waals surface area (Å²) in [5, 5.41) is 3.88. The average Bonchev–Trinajstić information content (AvgIpc) is 3.00. The van der Waals surface area contributed by atoms with Crippen LogP contribution in [0.3, 0.4) is 0 Å². The van der Waals surface area contributed by atoms with Crippen molar-refractivity contribution in [1.82, 2.24) is 4.90 Å². The number of cyclic esters (lactones) is 1. The molecule has 3 rings (SSSR count). The molecular weight excluding hydrogens is 277 g/mol. The first kappa shape index (κ1) is 13.1. The van der Waals surface area contributed by atoms with Crippen LogP contribution in [-0.4, -0.2) is 23.4 Å². The van der Waals surface area contributed by atoms with E-state index in [9.17, 15) is 9.18 Å². The summed E-state index contributed by atoms with van der Waals surface area (Å²) in [6.07, 6.45) is -0.505. The molecule has 1 saturated heterocycles. The molecule has 2 heterocycles. The van der Waals surface area contributed by atoms with Gasteiger partial charge in [0.25, 0.3) is 5.85 Å². The molecule has 1 amide bonds. The van der Waals surface area contributed by atoms with Gasteiger partial charge in [-0.25, -0.2) is 4.79 Å². The monoisotopic (exact) mass is 291 g/mol. The Morgan fingerprint density at radius 3 is 2.75 bits per heavy atom. The van der Waals surface area contributed by atoms with Crippen molar-refractivity contribution in [2.24, 2.45) is 0 Å². The molecule has 1 aliphatic rings. The summed E-state index contributed by atoms with van der Waals surface area (Å²) < 4.78 is 19.6. The van der Waals surface area contributed by atoms with Crippen molar-refractivity contribution >= 4 is 17.4 Å². The molecule has 1 atom stereocenters. The third-order valence-electron chi connectivity index (χ3n) is 3.22. The maximum atomic E-state index is 14.6. The molecule has 0 saturated carbocycles. The van der Waals surface area contributed by atoms with Crippen LogP contribution in [0, 0.1) is 0 Å². The first-order valence-electron chi connectivity index (χ1n) is 6.36. The van der Waals surface area contributed by atoms with E-state index in [0.29, 0.717) is 6.54 Å². The number of alkyl halides is 1. The van der Waals surface area contributed by atoms with Crippen LogP contribution in [0.4, 0.5) is 9.18 Å². The molecule has 20 heavy (non-hydrogen) atoms. The fourth-order valence-corrected chi connectivity index (χ4v) is 2.98. The quantitative estimate of drug-likeness (QED) is 0.861. The Bertz CT molecular complexity index is 587. The van der Waals surface area contributed by atoms with Crippen molar-refractivity contribution in [1.29, 1.82) is 0 Å². The maximum absolute atomic E-state index is 14.6. The number of ether oxygens (including phenoxy) is 1. The van der Waals surface area contributed by atoms with Gasteiger partial charge in [-0.2, -0.15) is 15.7 Å². The van der Waals surface area contributed by atoms with Gasteiger partial charge in [0.1, 0.15) is 0 Å². The van der Waals surface area contributed by atoms with E-state index in [-0.39, 0.29) is 13.0 Å². The summed E-state index contributed by atoms with van der Waals surface area (Å²) in [7, 11) is 0. The lowest BCUT2D eigenvalue weighted by molar-refractivity contribution is -0.0573. The molecule has 104 valence electrons. The summed E-state index contributed by atoms with van der Waals surface area (Å²) in [4.78, 5) is 13.2. The van der Waals surface area contributed by atoms with Crippen LogP contribution in [0.1, 0.15) is 11.1 Å². The topological polar surface area (TPSA) is 29.5 Å². The number of halogens is 1. The zero-order chi connectivity index (χ0) is 14.0. The van der Waals surface area contributed by atoms with Crippen molar-refractivity contribution in [2.75, 3.05) is 6.54 Å². The predicted octanol–water partition coefficient (Wildman–Crippen LogP) is 3.61. The third-order valence-corrected chi connectivity index (χ3v) is 3.95. The van der Waals surface area contributed by atoms with Crippen molar-refractivity contribution in [2.45, 2.75) is 18.8 Å². The minimum Gasteiger partial charge on any atom is -0.410 e. The Balaban J connectivity index is 1.69. The number of amides is 1. The number of carbonyl (C=O) groups excluding carboxylic acids is 1. The Labute approximate surface area is 120 Å². The normalized spacial score (nSPS) is 22.1. The molecule has 0 aliphatic carbocycles. The van der Waals surface area contributed by atoms with Crippen molar-refractivity contribution < 1.29 is 13.9 Å². The number of hydrogen-bond acceptors (Lipinski definition) is 3. The molecular formula is C15H14FNO2S. The van der Waals surface area contributed by atoms with E-state index >= 15 is 0 Å². The number of benzene rings is 1. The Morgan fingerprint density at radius 2 is 2.05 bits per heavy atom. The number of thiophene rings is 1. The van der Waals surface area contributed by atoms with Crippen LogP contribution in [0.15, 0.2) is 47.2 Å². The summed E-state index contributed by atoms with van der Waals surface area (Å²) in [6.45, 7) is 0.360. The SMILES string of the molecule is O=C1OC(F)(Cc2ccccc2)CN1Cc1ccsc1. The summed E-state index contributed by atoms with van der Waals surface area (Å²) >= 11 is 1.55. The standard InChI is InChI=1S/C15H14FNO2S/c16-15(8-12-4-2-1-3-5-12)11-17(14(18)19-15)9-13-6-7-20-10-13/h1-7,10H,8-9,11H2. The number of rotatable bonds is 4. The van der Waals surface area contributed by atoms with E-state index in [1.807, 2.05) is 47.2 Å². The summed E-state index contributed by atoms with van der Waals surface area (Å²) in [6, 6.07) is 11.1. The van der Waals surface area contributed by atoms with Gasteiger partial charge in [-0.05, 0) is 28.0 Å². The van der Waals surface area contributed by atoms with Gasteiger partial charge < -0.3 is 4.74 Å². The van der Waals surface area contributed by atoms with E-state index in [2.05, 4.69) is 0 Å². The molecule has 0 radical (unpaired) electrons. The van der Waals surface area contributed by atoms with Gasteiger partial charge in [-0.15, -0.1) is 0 Å². The van der Waals surface area contributed by atoms with Gasteiger partial charge >= 0.3 is 6.09 Å². The molecule has 1 unspecified atom stereocenters. The minimum atomic E-state index is -1.94. The molecule has 2 aromatic rings. The van der Waals surface area contributed by atoms with Gasteiger partial charge in [-0.3, -0.25) is 4.90 Å². The number of hydrogen-bond donors (Lipinski definition) is 0. The van der Waals surface area contributed by atoms with Crippen molar-refractivity contribution in [3.63, 3.8) is 0 Å². The second-order valence-corrected chi connectivity index (χ2v) is 5.68. The van der Waals surface area contributed by atoms with Crippen LogP contribution in [-0.2, 0) is 17.7 Å². The predicted molar refractivity (Wildman–Crippen MR) is 75.2 cm³/mol. The second-order valence-electron chi connectivity index (χ2n) is 4.90. The number of carbonyl (C=O) groups is 1. The molecule has 0 spiro atoms. The summed E-state index contributed by atoms with van der Waals surface area (Å²) in [5.41, 5.74) is 1.82. The van der Waals surface area contributed by atoms with Crippen LogP contribution in [0.5, 0.6) is 0 Å². The van der Waals surface area contributed by atoms with E-state index in [4.69, 9.17) is 4.74 Å². The van der Waals surface area contributed by atoms with E-state index in [1.165, 1.54) is 4.90 Å². The average molecular weight is 291 g/mol. The molecule has 1 aromatic heterocycles. The smallest absolute Gasteiger partial charge is 0.410 e. The highest BCUT2D eigenvalue weighted by Crippen LogP contribution is 2.29. The molecule has 5 heteroatoms. The zero-order valence-corrected chi connectivity index (χ0v) is 11.6. The minimum absolute atomic E-state index is 0.0312. The number of nitrogens with zero attached hydrogens (tertiary/aromatic N) is 1. The van der Waals surface area contributed by atoms with E-state index < -0.39 is 11.9 Å². The van der Waals surface area contributed by atoms with Gasteiger partial charge in [0, 0.05) is 6.42 Å². The third kappa shape index (κ3) is 2.82. The lowest BCUT2D eigenvalue weighted by atomic mass is 10.1. The Hall–Kier alpha value is -1.88. The van der Waals surface area contributed by atoms with Crippen LogP contribution in [0.2, 0.25) is 0 Å². The fourth-order valence-electron chi connectivity index (χ4n) is 2.32. The van der Waals surface area contributed by atoms with E-state index in [1.54, 1.807) is 11.3 Å². The highest BCUT2D eigenvalue weighted by atomic mass is 32.1. The van der Waals surface area contributed by atoms with Gasteiger partial charge in [-0.1, -0.05) is 30.3 Å². The molecule has 0 bridgehead atoms. The zero-order valence-electron chi connectivity index (χ0n) is 10.8. The largest absolute Gasteiger partial charge is 0.413 e. The van der Waals surface area contributed by atoms with Gasteiger partial charge in [0.2, 0.25) is 0 Å². The highest BCUT2D eigenvalue weighted by Gasteiger charge is 2.45. The Morgan fingerprint density at radius 1 is 1.25 bits per heavy atom. The van der Waals surface area contributed by atoms with Crippen LogP contribution in [0.25, 0.3) is 0 Å². The highest BCUT2D eigenvalue weighted by molar-refractivity contribution is 7.07. The lowest BCUT2D eigenvalue weighted by Crippen LogP contribution is -2.31. The second kappa shape index (κ2) is 5.25. The van der Waals surface area contributed by atoms with Crippen LogP contribution >= 0.6 is 11.3 Å². The molecule has 3 nitrogen and oxygen atoms in total. The Kier molecular flexibility index (Phi) is 3.44. The maximum Gasteiger partial charge on any atom is 0.413 e. The molecule has 1 aliphatic heterocycles. The van der Waals surface area contributed by atoms with Crippen LogP contribution < -0.4 is 0 Å². The molecule has 0 N–H and O–H groups in total.